The highest BCUT2D eigenvalue weighted by Crippen LogP contribution is 2.17. The molecule has 1 aliphatic heterocycles. The van der Waals surface area contributed by atoms with Gasteiger partial charge in [-0.25, -0.2) is 0 Å². The van der Waals surface area contributed by atoms with Crippen LogP contribution in [0.2, 0.25) is 0 Å². The number of hydrogen-bond acceptors (Lipinski definition) is 4. The summed E-state index contributed by atoms with van der Waals surface area (Å²) < 4.78 is 6.91. The van der Waals surface area contributed by atoms with Crippen LogP contribution in [0.15, 0.2) is 12.4 Å². The number of carbonyl (C=O) groups is 1. The van der Waals surface area contributed by atoms with Crippen LogP contribution in [0.1, 0.15) is 18.4 Å². The van der Waals surface area contributed by atoms with Crippen molar-refractivity contribution in [1.29, 1.82) is 0 Å². The summed E-state index contributed by atoms with van der Waals surface area (Å²) >= 11 is 0. The first-order valence-electron chi connectivity index (χ1n) is 5.73. The van der Waals surface area contributed by atoms with Gasteiger partial charge < -0.3 is 15.8 Å². The minimum Gasteiger partial charge on any atom is -0.381 e. The minimum absolute atomic E-state index is 0.107. The molecule has 0 aromatic carbocycles. The van der Waals surface area contributed by atoms with Crippen LogP contribution < -0.4 is 11.1 Å². The summed E-state index contributed by atoms with van der Waals surface area (Å²) in [6, 6.07) is 0. The molecule has 2 rings (SSSR count). The smallest absolute Gasteiger partial charge is 0.240 e. The number of aromatic nitrogens is 2. The van der Waals surface area contributed by atoms with Crippen molar-refractivity contribution in [3.63, 3.8) is 0 Å². The standard InChI is InChI=1S/C11H18N4O2/c1-15-8-9(7-14-15)6-13-10(16)11(12)2-4-17-5-3-11/h7-8H,2-6,12H2,1H3,(H,13,16). The van der Waals surface area contributed by atoms with E-state index in [1.165, 1.54) is 0 Å². The van der Waals surface area contributed by atoms with E-state index in [0.29, 0.717) is 32.6 Å². The van der Waals surface area contributed by atoms with Crippen LogP contribution in [0.4, 0.5) is 0 Å². The van der Waals surface area contributed by atoms with Crippen LogP contribution in [-0.2, 0) is 23.1 Å². The number of nitrogens with two attached hydrogens (primary N) is 1. The lowest BCUT2D eigenvalue weighted by Crippen LogP contribution is -2.56. The summed E-state index contributed by atoms with van der Waals surface area (Å²) in [5.41, 5.74) is 6.25. The molecule has 3 N–H and O–H groups in total. The Bertz CT molecular complexity index is 396. The first-order valence-corrected chi connectivity index (χ1v) is 5.73. The molecule has 0 atom stereocenters. The van der Waals surface area contributed by atoms with Gasteiger partial charge >= 0.3 is 0 Å². The van der Waals surface area contributed by atoms with Crippen molar-refractivity contribution in [2.24, 2.45) is 12.8 Å². The van der Waals surface area contributed by atoms with Crippen molar-refractivity contribution in [1.82, 2.24) is 15.1 Å². The monoisotopic (exact) mass is 238 g/mol. The van der Waals surface area contributed by atoms with Gasteiger partial charge in [-0.2, -0.15) is 5.10 Å². The molecular formula is C11H18N4O2. The largest absolute Gasteiger partial charge is 0.381 e. The predicted molar refractivity (Wildman–Crippen MR) is 62.0 cm³/mol. The average Bonchev–Trinajstić information content (AvgIpc) is 2.73. The molecule has 6 nitrogen and oxygen atoms in total. The molecule has 17 heavy (non-hydrogen) atoms. The molecule has 0 radical (unpaired) electrons. The number of nitrogens with one attached hydrogen (secondary N) is 1. The van der Waals surface area contributed by atoms with Gasteiger partial charge in [-0.1, -0.05) is 0 Å². The third-order valence-electron chi connectivity index (χ3n) is 3.05. The molecule has 1 aromatic rings. The molecule has 0 bridgehead atoms. The van der Waals surface area contributed by atoms with Gasteiger partial charge in [-0.15, -0.1) is 0 Å². The number of ether oxygens (including phenoxy) is 1. The fourth-order valence-electron chi connectivity index (χ4n) is 1.88. The van der Waals surface area contributed by atoms with E-state index in [9.17, 15) is 4.79 Å². The molecule has 1 aromatic heterocycles. The Morgan fingerprint density at radius 1 is 1.65 bits per heavy atom. The molecule has 0 saturated carbocycles. The van der Waals surface area contributed by atoms with Crippen LogP contribution in [0.5, 0.6) is 0 Å². The predicted octanol–water partition coefficient (Wildman–Crippen LogP) is -0.456. The SMILES string of the molecule is Cn1cc(CNC(=O)C2(N)CCOCC2)cn1. The summed E-state index contributed by atoms with van der Waals surface area (Å²) in [5, 5.41) is 6.89. The Labute approximate surface area is 100 Å². The second-order valence-corrected chi connectivity index (χ2v) is 4.47. The van der Waals surface area contributed by atoms with Crippen LogP contribution in [0, 0.1) is 0 Å². The summed E-state index contributed by atoms with van der Waals surface area (Å²) in [6.07, 6.45) is 4.75. The zero-order chi connectivity index (χ0) is 12.3. The van der Waals surface area contributed by atoms with Crippen LogP contribution in [0.3, 0.4) is 0 Å². The Balaban J connectivity index is 1.88. The van der Waals surface area contributed by atoms with Crippen molar-refractivity contribution in [2.75, 3.05) is 13.2 Å². The molecule has 94 valence electrons. The van der Waals surface area contributed by atoms with E-state index in [1.807, 2.05) is 13.2 Å². The van der Waals surface area contributed by atoms with Crippen molar-refractivity contribution in [3.05, 3.63) is 18.0 Å². The van der Waals surface area contributed by atoms with Crippen LogP contribution in [-0.4, -0.2) is 34.4 Å². The number of nitrogens with zero attached hydrogens (tertiary/aromatic N) is 2. The van der Waals surface area contributed by atoms with Crippen molar-refractivity contribution in [2.45, 2.75) is 24.9 Å². The van der Waals surface area contributed by atoms with E-state index in [-0.39, 0.29) is 5.91 Å². The Kier molecular flexibility index (Phi) is 3.44. The molecule has 1 fully saturated rings. The molecule has 2 heterocycles. The van der Waals surface area contributed by atoms with E-state index in [2.05, 4.69) is 10.4 Å². The van der Waals surface area contributed by atoms with Crippen molar-refractivity contribution in [3.8, 4) is 0 Å². The number of amides is 1. The molecule has 1 amide bonds. The lowest BCUT2D eigenvalue weighted by Gasteiger charge is -2.31. The minimum atomic E-state index is -0.777. The van der Waals surface area contributed by atoms with Gasteiger partial charge in [0, 0.05) is 38.6 Å². The Morgan fingerprint density at radius 3 is 2.94 bits per heavy atom. The fraction of sp³-hybridized carbons (Fsp3) is 0.636. The quantitative estimate of drug-likeness (QED) is 0.747. The highest BCUT2D eigenvalue weighted by atomic mass is 16.5. The van der Waals surface area contributed by atoms with E-state index in [0.717, 1.165) is 5.56 Å². The number of carbonyl (C=O) groups excluding carboxylic acids is 1. The third kappa shape index (κ3) is 2.83. The third-order valence-corrected chi connectivity index (χ3v) is 3.05. The maximum Gasteiger partial charge on any atom is 0.240 e. The lowest BCUT2D eigenvalue weighted by molar-refractivity contribution is -0.129. The topological polar surface area (TPSA) is 82.2 Å². The second kappa shape index (κ2) is 4.85. The lowest BCUT2D eigenvalue weighted by atomic mass is 9.90. The summed E-state index contributed by atoms with van der Waals surface area (Å²) in [6.45, 7) is 1.57. The zero-order valence-corrected chi connectivity index (χ0v) is 9.98. The summed E-state index contributed by atoms with van der Waals surface area (Å²) in [4.78, 5) is 12.0. The van der Waals surface area contributed by atoms with Crippen LogP contribution >= 0.6 is 0 Å². The molecule has 0 unspecified atom stereocenters. The summed E-state index contributed by atoms with van der Waals surface area (Å²) in [7, 11) is 1.84. The van der Waals surface area contributed by atoms with Gasteiger partial charge in [0.25, 0.3) is 0 Å². The van der Waals surface area contributed by atoms with E-state index >= 15 is 0 Å². The van der Waals surface area contributed by atoms with Crippen LogP contribution in [0.25, 0.3) is 0 Å². The van der Waals surface area contributed by atoms with Gasteiger partial charge in [0.2, 0.25) is 5.91 Å². The number of aryl methyl sites for hydroxylation is 1. The summed E-state index contributed by atoms with van der Waals surface area (Å²) in [5.74, 6) is -0.107. The Morgan fingerprint density at radius 2 is 2.35 bits per heavy atom. The maximum atomic E-state index is 12.0. The average molecular weight is 238 g/mol. The molecule has 6 heteroatoms. The number of rotatable bonds is 3. The first kappa shape index (κ1) is 12.1. The molecule has 1 saturated heterocycles. The molecule has 1 aliphatic rings. The zero-order valence-electron chi connectivity index (χ0n) is 9.98. The van der Waals surface area contributed by atoms with Crippen molar-refractivity contribution < 1.29 is 9.53 Å². The molecular weight excluding hydrogens is 220 g/mol. The van der Waals surface area contributed by atoms with Crippen molar-refractivity contribution >= 4 is 5.91 Å². The van der Waals surface area contributed by atoms with E-state index in [4.69, 9.17) is 10.5 Å². The first-order chi connectivity index (χ1) is 8.10. The van der Waals surface area contributed by atoms with Gasteiger partial charge in [0.15, 0.2) is 0 Å². The van der Waals surface area contributed by atoms with E-state index < -0.39 is 5.54 Å². The second-order valence-electron chi connectivity index (χ2n) is 4.47. The highest BCUT2D eigenvalue weighted by molar-refractivity contribution is 5.86. The van der Waals surface area contributed by atoms with Gasteiger partial charge in [0.1, 0.15) is 0 Å². The molecule has 0 spiro atoms. The normalized spacial score (nSPS) is 18.9. The van der Waals surface area contributed by atoms with Gasteiger partial charge in [-0.05, 0) is 12.8 Å². The number of hydrogen-bond donors (Lipinski definition) is 2. The van der Waals surface area contributed by atoms with E-state index in [1.54, 1.807) is 10.9 Å². The maximum absolute atomic E-state index is 12.0. The van der Waals surface area contributed by atoms with Gasteiger partial charge in [0.05, 0.1) is 11.7 Å². The molecule has 0 aliphatic carbocycles. The van der Waals surface area contributed by atoms with Gasteiger partial charge in [-0.3, -0.25) is 9.48 Å². The Hall–Kier alpha value is -1.40. The fourth-order valence-corrected chi connectivity index (χ4v) is 1.88. The highest BCUT2D eigenvalue weighted by Gasteiger charge is 2.35.